The normalized spacial score (nSPS) is 9.67. The van der Waals surface area contributed by atoms with Crippen LogP contribution < -0.4 is 11.1 Å². The van der Waals surface area contributed by atoms with Crippen LogP contribution in [0.25, 0.3) is 0 Å². The van der Waals surface area contributed by atoms with Crippen molar-refractivity contribution in [2.75, 3.05) is 11.9 Å². The van der Waals surface area contributed by atoms with Crippen molar-refractivity contribution >= 4 is 23.2 Å². The Balaban J connectivity index is 2.29. The predicted molar refractivity (Wildman–Crippen MR) is 86.5 cm³/mol. The van der Waals surface area contributed by atoms with Gasteiger partial charge in [-0.2, -0.15) is 0 Å². The van der Waals surface area contributed by atoms with Crippen LogP contribution in [0.1, 0.15) is 21.5 Å². The zero-order valence-corrected chi connectivity index (χ0v) is 12.4. The third-order valence-electron chi connectivity index (χ3n) is 2.84. The number of carbonyl (C=O) groups excluding carboxylic acids is 1. The van der Waals surface area contributed by atoms with Gasteiger partial charge in [-0.25, -0.2) is 0 Å². The van der Waals surface area contributed by atoms with Crippen molar-refractivity contribution in [2.45, 2.75) is 6.92 Å². The van der Waals surface area contributed by atoms with E-state index in [-0.39, 0.29) is 12.5 Å². The fourth-order valence-electron chi connectivity index (χ4n) is 1.84. The van der Waals surface area contributed by atoms with Crippen LogP contribution in [-0.4, -0.2) is 12.5 Å². The Morgan fingerprint density at radius 2 is 2.10 bits per heavy atom. The minimum atomic E-state index is -0.225. The van der Waals surface area contributed by atoms with Crippen molar-refractivity contribution in [1.29, 1.82) is 0 Å². The SMILES string of the molecule is Cc1ccc(NC(=O)c2cccc(Cl)c2)c(C#CCN)c1. The molecule has 4 heteroatoms. The van der Waals surface area contributed by atoms with E-state index in [0.717, 1.165) is 11.1 Å². The van der Waals surface area contributed by atoms with Gasteiger partial charge < -0.3 is 11.1 Å². The number of hydrogen-bond donors (Lipinski definition) is 2. The van der Waals surface area contributed by atoms with Crippen LogP contribution in [0.3, 0.4) is 0 Å². The zero-order valence-electron chi connectivity index (χ0n) is 11.6. The lowest BCUT2D eigenvalue weighted by Crippen LogP contribution is -2.13. The van der Waals surface area contributed by atoms with E-state index in [1.807, 2.05) is 25.1 Å². The highest BCUT2D eigenvalue weighted by Crippen LogP contribution is 2.18. The summed E-state index contributed by atoms with van der Waals surface area (Å²) < 4.78 is 0. The van der Waals surface area contributed by atoms with Crippen LogP contribution in [0.4, 0.5) is 5.69 Å². The molecule has 3 nitrogen and oxygen atoms in total. The molecule has 0 bridgehead atoms. The highest BCUT2D eigenvalue weighted by atomic mass is 35.5. The van der Waals surface area contributed by atoms with Crippen molar-refractivity contribution in [3.63, 3.8) is 0 Å². The Morgan fingerprint density at radius 3 is 2.81 bits per heavy atom. The maximum atomic E-state index is 12.2. The molecule has 0 saturated carbocycles. The molecule has 0 spiro atoms. The standard InChI is InChI=1S/C17H15ClN2O/c1-12-7-8-16(13(10-12)5-3-9-19)20-17(21)14-4-2-6-15(18)11-14/h2,4,6-8,10-11H,9,19H2,1H3,(H,20,21). The van der Waals surface area contributed by atoms with E-state index in [9.17, 15) is 4.79 Å². The maximum Gasteiger partial charge on any atom is 0.255 e. The van der Waals surface area contributed by atoms with Gasteiger partial charge in [0, 0.05) is 16.1 Å². The molecule has 2 aromatic carbocycles. The lowest BCUT2D eigenvalue weighted by atomic mass is 10.1. The number of nitrogens with one attached hydrogen (secondary N) is 1. The van der Waals surface area contributed by atoms with Gasteiger partial charge >= 0.3 is 0 Å². The van der Waals surface area contributed by atoms with Gasteiger partial charge in [0.1, 0.15) is 0 Å². The van der Waals surface area contributed by atoms with Gasteiger partial charge in [0.2, 0.25) is 0 Å². The van der Waals surface area contributed by atoms with Crippen LogP contribution in [0, 0.1) is 18.8 Å². The van der Waals surface area contributed by atoms with E-state index in [4.69, 9.17) is 17.3 Å². The minimum Gasteiger partial charge on any atom is -0.321 e. The lowest BCUT2D eigenvalue weighted by Gasteiger charge is -2.09. The highest BCUT2D eigenvalue weighted by molar-refractivity contribution is 6.31. The first-order chi connectivity index (χ1) is 10.1. The van der Waals surface area contributed by atoms with E-state index in [1.54, 1.807) is 24.3 Å². The van der Waals surface area contributed by atoms with Crippen molar-refractivity contribution in [2.24, 2.45) is 5.73 Å². The van der Waals surface area contributed by atoms with Gasteiger partial charge in [-0.3, -0.25) is 4.79 Å². The van der Waals surface area contributed by atoms with Crippen molar-refractivity contribution < 1.29 is 4.79 Å². The molecule has 2 rings (SSSR count). The second kappa shape index (κ2) is 6.94. The van der Waals surface area contributed by atoms with Crippen LogP contribution in [-0.2, 0) is 0 Å². The van der Waals surface area contributed by atoms with Gasteiger partial charge in [-0.15, -0.1) is 0 Å². The molecular weight excluding hydrogens is 284 g/mol. The van der Waals surface area contributed by atoms with Gasteiger partial charge in [0.15, 0.2) is 0 Å². The summed E-state index contributed by atoms with van der Waals surface area (Å²) in [4.78, 5) is 12.2. The molecule has 1 amide bonds. The van der Waals surface area contributed by atoms with E-state index in [0.29, 0.717) is 16.3 Å². The zero-order chi connectivity index (χ0) is 15.2. The molecule has 3 N–H and O–H groups in total. The Bertz CT molecular complexity index is 729. The predicted octanol–water partition coefficient (Wildman–Crippen LogP) is 3.21. The Hall–Kier alpha value is -2.28. The Labute approximate surface area is 129 Å². The van der Waals surface area contributed by atoms with Crippen molar-refractivity contribution in [3.8, 4) is 11.8 Å². The van der Waals surface area contributed by atoms with Crippen LogP contribution in [0.2, 0.25) is 5.02 Å². The molecule has 0 saturated heterocycles. The molecular formula is C17H15ClN2O. The molecule has 0 aromatic heterocycles. The summed E-state index contributed by atoms with van der Waals surface area (Å²) in [6, 6.07) is 12.5. The van der Waals surface area contributed by atoms with E-state index >= 15 is 0 Å². The number of amides is 1. The number of carbonyl (C=O) groups is 1. The topological polar surface area (TPSA) is 55.1 Å². The second-order valence-corrected chi connectivity index (χ2v) is 4.96. The summed E-state index contributed by atoms with van der Waals surface area (Å²) in [5.41, 5.74) is 8.37. The number of nitrogens with two attached hydrogens (primary N) is 1. The third kappa shape index (κ3) is 4.09. The average Bonchev–Trinajstić information content (AvgIpc) is 2.47. The summed E-state index contributed by atoms with van der Waals surface area (Å²) in [6.07, 6.45) is 0. The summed E-state index contributed by atoms with van der Waals surface area (Å²) in [7, 11) is 0. The Morgan fingerprint density at radius 1 is 1.29 bits per heavy atom. The number of anilines is 1. The first-order valence-corrected chi connectivity index (χ1v) is 6.84. The molecule has 2 aromatic rings. The monoisotopic (exact) mass is 298 g/mol. The van der Waals surface area contributed by atoms with Crippen LogP contribution in [0.5, 0.6) is 0 Å². The number of halogens is 1. The summed E-state index contributed by atoms with van der Waals surface area (Å²) in [5, 5.41) is 3.37. The summed E-state index contributed by atoms with van der Waals surface area (Å²) in [6.45, 7) is 2.24. The number of rotatable bonds is 2. The highest BCUT2D eigenvalue weighted by Gasteiger charge is 2.09. The first-order valence-electron chi connectivity index (χ1n) is 6.46. The molecule has 0 radical (unpaired) electrons. The molecule has 0 aliphatic carbocycles. The second-order valence-electron chi connectivity index (χ2n) is 4.52. The quantitative estimate of drug-likeness (QED) is 0.837. The number of aryl methyl sites for hydroxylation is 1. The van der Waals surface area contributed by atoms with E-state index < -0.39 is 0 Å². The molecule has 0 aliphatic rings. The fraction of sp³-hybridized carbons (Fsp3) is 0.118. The number of benzene rings is 2. The molecule has 0 unspecified atom stereocenters. The van der Waals surface area contributed by atoms with Crippen molar-refractivity contribution in [1.82, 2.24) is 0 Å². The number of hydrogen-bond acceptors (Lipinski definition) is 2. The molecule has 21 heavy (non-hydrogen) atoms. The van der Waals surface area contributed by atoms with Gasteiger partial charge in [0.05, 0.1) is 12.2 Å². The lowest BCUT2D eigenvalue weighted by molar-refractivity contribution is 0.102. The third-order valence-corrected chi connectivity index (χ3v) is 3.07. The smallest absolute Gasteiger partial charge is 0.255 e. The van der Waals surface area contributed by atoms with E-state index in [1.165, 1.54) is 0 Å². The van der Waals surface area contributed by atoms with Crippen LogP contribution in [0.15, 0.2) is 42.5 Å². The summed E-state index contributed by atoms with van der Waals surface area (Å²) >= 11 is 5.90. The van der Waals surface area contributed by atoms with Gasteiger partial charge in [-0.1, -0.05) is 35.6 Å². The molecule has 0 fully saturated rings. The fourth-order valence-corrected chi connectivity index (χ4v) is 2.03. The largest absolute Gasteiger partial charge is 0.321 e. The van der Waals surface area contributed by atoms with Crippen molar-refractivity contribution in [3.05, 3.63) is 64.2 Å². The molecule has 0 heterocycles. The first kappa shape index (κ1) is 15.1. The minimum absolute atomic E-state index is 0.225. The molecule has 106 valence electrons. The molecule has 0 aliphatic heterocycles. The van der Waals surface area contributed by atoms with Crippen LogP contribution >= 0.6 is 11.6 Å². The van der Waals surface area contributed by atoms with Gasteiger partial charge in [-0.05, 0) is 42.8 Å². The maximum absolute atomic E-state index is 12.2. The summed E-state index contributed by atoms with van der Waals surface area (Å²) in [5.74, 6) is 5.54. The molecule has 0 atom stereocenters. The Kier molecular flexibility index (Phi) is 4.99. The van der Waals surface area contributed by atoms with E-state index in [2.05, 4.69) is 17.2 Å². The van der Waals surface area contributed by atoms with Gasteiger partial charge in [0.25, 0.3) is 5.91 Å². The average molecular weight is 299 g/mol.